The Hall–Kier alpha value is -3.34. The highest BCUT2D eigenvalue weighted by molar-refractivity contribution is 5.97. The Morgan fingerprint density at radius 3 is 2.07 bits per heavy atom. The number of aryl methyl sites for hydroxylation is 2. The van der Waals surface area contributed by atoms with Crippen LogP contribution in [0.15, 0.2) is 66.7 Å². The summed E-state index contributed by atoms with van der Waals surface area (Å²) in [7, 11) is 0. The van der Waals surface area contributed by atoms with Crippen LogP contribution in [0.4, 0.5) is 5.69 Å². The normalized spacial score (nSPS) is 10.5. The molecular formula is C23H24N2O3. The van der Waals surface area contributed by atoms with Crippen molar-refractivity contribution < 1.29 is 14.3 Å². The minimum Gasteiger partial charge on any atom is -0.452 e. The summed E-state index contributed by atoms with van der Waals surface area (Å²) in [6, 6.07) is 20.6. The van der Waals surface area contributed by atoms with E-state index in [1.165, 1.54) is 0 Å². The number of para-hydroxylation sites is 1. The van der Waals surface area contributed by atoms with Crippen LogP contribution in [0, 0.1) is 13.8 Å². The molecule has 0 bridgehead atoms. The quantitative estimate of drug-likeness (QED) is 0.603. The molecule has 0 spiro atoms. The maximum Gasteiger partial charge on any atom is 0.338 e. The van der Waals surface area contributed by atoms with E-state index in [9.17, 15) is 9.59 Å². The van der Waals surface area contributed by atoms with Gasteiger partial charge in [-0.15, -0.1) is 0 Å². The van der Waals surface area contributed by atoms with Crippen molar-refractivity contribution in [3.8, 4) is 5.69 Å². The summed E-state index contributed by atoms with van der Waals surface area (Å²) in [4.78, 5) is 26.4. The summed E-state index contributed by atoms with van der Waals surface area (Å²) < 4.78 is 7.34. The lowest BCUT2D eigenvalue weighted by Gasteiger charge is -2.20. The topological polar surface area (TPSA) is 51.5 Å². The van der Waals surface area contributed by atoms with E-state index in [0.717, 1.165) is 22.8 Å². The molecule has 0 N–H and O–H groups in total. The third-order valence-electron chi connectivity index (χ3n) is 4.64. The van der Waals surface area contributed by atoms with E-state index in [0.29, 0.717) is 12.1 Å². The van der Waals surface area contributed by atoms with Gasteiger partial charge in [0.2, 0.25) is 0 Å². The molecule has 3 aromatic rings. The number of nitrogens with zero attached hydrogens (tertiary/aromatic N) is 2. The molecule has 5 heteroatoms. The van der Waals surface area contributed by atoms with Gasteiger partial charge in [-0.25, -0.2) is 4.79 Å². The van der Waals surface area contributed by atoms with Crippen LogP contribution in [0.5, 0.6) is 0 Å². The van der Waals surface area contributed by atoms with Crippen molar-refractivity contribution >= 4 is 17.6 Å². The first kappa shape index (κ1) is 19.4. The molecule has 0 aliphatic carbocycles. The molecule has 0 unspecified atom stereocenters. The summed E-state index contributed by atoms with van der Waals surface area (Å²) in [6.45, 7) is 6.17. The van der Waals surface area contributed by atoms with Crippen LogP contribution in [-0.2, 0) is 9.53 Å². The maximum atomic E-state index is 12.4. The molecule has 0 saturated heterocycles. The summed E-state index contributed by atoms with van der Waals surface area (Å²) in [5.74, 6) is -0.762. The molecule has 144 valence electrons. The molecule has 0 atom stereocenters. The summed E-state index contributed by atoms with van der Waals surface area (Å²) in [5.41, 5.74) is 4.43. The SMILES string of the molecule is CCN(C(=O)COC(=O)c1ccc(-n2c(C)ccc2C)cc1)c1ccccc1. The van der Waals surface area contributed by atoms with Crippen LogP contribution in [0.25, 0.3) is 5.69 Å². The van der Waals surface area contributed by atoms with Crippen LogP contribution >= 0.6 is 0 Å². The van der Waals surface area contributed by atoms with Gasteiger partial charge in [0.1, 0.15) is 0 Å². The van der Waals surface area contributed by atoms with Gasteiger partial charge in [0.15, 0.2) is 6.61 Å². The molecule has 0 saturated carbocycles. The average molecular weight is 376 g/mol. The number of amides is 1. The number of aromatic nitrogens is 1. The maximum absolute atomic E-state index is 12.4. The summed E-state index contributed by atoms with van der Waals surface area (Å²) >= 11 is 0. The Bertz CT molecular complexity index is 940. The predicted octanol–water partition coefficient (Wildman–Crippen LogP) is 4.30. The van der Waals surface area contributed by atoms with Gasteiger partial charge in [-0.1, -0.05) is 18.2 Å². The van der Waals surface area contributed by atoms with Crippen LogP contribution in [0.3, 0.4) is 0 Å². The standard InChI is InChI=1S/C23H24N2O3/c1-4-24(20-8-6-5-7-9-20)22(26)16-28-23(27)19-12-14-21(15-13-19)25-17(2)10-11-18(25)3/h5-15H,4,16H2,1-3H3. The van der Waals surface area contributed by atoms with Crippen LogP contribution in [0.2, 0.25) is 0 Å². The molecule has 5 nitrogen and oxygen atoms in total. The monoisotopic (exact) mass is 376 g/mol. The fourth-order valence-electron chi connectivity index (χ4n) is 3.22. The minimum absolute atomic E-state index is 0.253. The van der Waals surface area contributed by atoms with Crippen molar-refractivity contribution in [2.45, 2.75) is 20.8 Å². The van der Waals surface area contributed by atoms with Crippen LogP contribution < -0.4 is 4.90 Å². The molecule has 1 heterocycles. The first-order chi connectivity index (χ1) is 13.5. The molecule has 2 aromatic carbocycles. The van der Waals surface area contributed by atoms with Gasteiger partial charge < -0.3 is 14.2 Å². The Morgan fingerprint density at radius 1 is 0.893 bits per heavy atom. The smallest absolute Gasteiger partial charge is 0.338 e. The number of hydrogen-bond donors (Lipinski definition) is 0. The van der Waals surface area contributed by atoms with Gasteiger partial charge in [-0.3, -0.25) is 4.79 Å². The third kappa shape index (κ3) is 4.14. The van der Waals surface area contributed by atoms with E-state index in [1.807, 2.05) is 63.2 Å². The van der Waals surface area contributed by atoms with Gasteiger partial charge in [0.25, 0.3) is 5.91 Å². The second kappa shape index (κ2) is 8.57. The van der Waals surface area contributed by atoms with Crippen molar-refractivity contribution in [1.82, 2.24) is 4.57 Å². The van der Waals surface area contributed by atoms with E-state index in [-0.39, 0.29) is 12.5 Å². The van der Waals surface area contributed by atoms with E-state index >= 15 is 0 Å². The number of carbonyl (C=O) groups excluding carboxylic acids is 2. The molecule has 0 aliphatic heterocycles. The van der Waals surface area contributed by atoms with Gasteiger partial charge in [-0.2, -0.15) is 0 Å². The second-order valence-electron chi connectivity index (χ2n) is 6.55. The molecule has 0 fully saturated rings. The predicted molar refractivity (Wildman–Crippen MR) is 110 cm³/mol. The van der Waals surface area contributed by atoms with Crippen molar-refractivity contribution in [2.24, 2.45) is 0 Å². The second-order valence-corrected chi connectivity index (χ2v) is 6.55. The molecular weight excluding hydrogens is 352 g/mol. The first-order valence-corrected chi connectivity index (χ1v) is 9.29. The minimum atomic E-state index is -0.509. The average Bonchev–Trinajstić information content (AvgIpc) is 3.06. The first-order valence-electron chi connectivity index (χ1n) is 9.29. The zero-order chi connectivity index (χ0) is 20.1. The lowest BCUT2D eigenvalue weighted by atomic mass is 10.2. The number of esters is 1. The highest BCUT2D eigenvalue weighted by atomic mass is 16.5. The summed E-state index contributed by atoms with van der Waals surface area (Å²) in [5, 5.41) is 0. The number of hydrogen-bond acceptors (Lipinski definition) is 3. The fourth-order valence-corrected chi connectivity index (χ4v) is 3.22. The van der Waals surface area contributed by atoms with Crippen molar-refractivity contribution in [2.75, 3.05) is 18.1 Å². The van der Waals surface area contributed by atoms with Crippen molar-refractivity contribution in [1.29, 1.82) is 0 Å². The third-order valence-corrected chi connectivity index (χ3v) is 4.64. The number of likely N-dealkylation sites (N-methyl/N-ethyl adjacent to an activating group) is 1. The number of ether oxygens (including phenoxy) is 1. The number of rotatable bonds is 6. The Kier molecular flexibility index (Phi) is 5.94. The van der Waals surface area contributed by atoms with Gasteiger partial charge in [0.05, 0.1) is 5.56 Å². The highest BCUT2D eigenvalue weighted by Gasteiger charge is 2.17. The van der Waals surface area contributed by atoms with Crippen molar-refractivity contribution in [3.05, 3.63) is 83.7 Å². The lowest BCUT2D eigenvalue weighted by Crippen LogP contribution is -2.34. The van der Waals surface area contributed by atoms with E-state index in [1.54, 1.807) is 17.0 Å². The fraction of sp³-hybridized carbons (Fsp3) is 0.217. The molecule has 0 radical (unpaired) electrons. The molecule has 3 rings (SSSR count). The van der Waals surface area contributed by atoms with Crippen molar-refractivity contribution in [3.63, 3.8) is 0 Å². The number of benzene rings is 2. The van der Waals surface area contributed by atoms with Gasteiger partial charge in [0, 0.05) is 29.3 Å². The van der Waals surface area contributed by atoms with E-state index in [4.69, 9.17) is 4.74 Å². The van der Waals surface area contributed by atoms with E-state index < -0.39 is 5.97 Å². The van der Waals surface area contributed by atoms with E-state index in [2.05, 4.69) is 16.7 Å². The van der Waals surface area contributed by atoms with Crippen LogP contribution in [-0.4, -0.2) is 29.6 Å². The van der Waals surface area contributed by atoms with Gasteiger partial charge >= 0.3 is 5.97 Å². The molecule has 0 aliphatic rings. The number of anilines is 1. The highest BCUT2D eigenvalue weighted by Crippen LogP contribution is 2.17. The number of carbonyl (C=O) groups is 2. The Balaban J connectivity index is 1.64. The Morgan fingerprint density at radius 2 is 1.50 bits per heavy atom. The zero-order valence-corrected chi connectivity index (χ0v) is 16.4. The largest absolute Gasteiger partial charge is 0.452 e. The Labute approximate surface area is 165 Å². The lowest BCUT2D eigenvalue weighted by molar-refractivity contribution is -0.121. The molecule has 28 heavy (non-hydrogen) atoms. The molecule has 1 amide bonds. The zero-order valence-electron chi connectivity index (χ0n) is 16.4. The van der Waals surface area contributed by atoms with Gasteiger partial charge in [-0.05, 0) is 69.3 Å². The van der Waals surface area contributed by atoms with Crippen LogP contribution in [0.1, 0.15) is 28.7 Å². The molecule has 1 aromatic heterocycles. The summed E-state index contributed by atoms with van der Waals surface area (Å²) in [6.07, 6.45) is 0.